The summed E-state index contributed by atoms with van der Waals surface area (Å²) in [5.41, 5.74) is 0.961. The second-order valence-corrected chi connectivity index (χ2v) is 6.28. The lowest BCUT2D eigenvalue weighted by Crippen LogP contribution is -2.41. The zero-order valence-electron chi connectivity index (χ0n) is 14.2. The highest BCUT2D eigenvalue weighted by atomic mass is 16.6. The van der Waals surface area contributed by atoms with E-state index in [9.17, 15) is 4.79 Å². The predicted octanol–water partition coefficient (Wildman–Crippen LogP) is 3.64. The molecule has 4 nitrogen and oxygen atoms in total. The Bertz CT molecular complexity index is 750. The number of esters is 1. The van der Waals surface area contributed by atoms with Gasteiger partial charge in [0.15, 0.2) is 5.54 Å². The van der Waals surface area contributed by atoms with E-state index in [0.29, 0.717) is 12.3 Å². The molecule has 0 saturated heterocycles. The van der Waals surface area contributed by atoms with Crippen LogP contribution in [0.15, 0.2) is 59.6 Å². The van der Waals surface area contributed by atoms with Gasteiger partial charge in [-0.15, -0.1) is 0 Å². The van der Waals surface area contributed by atoms with Gasteiger partial charge in [-0.05, 0) is 35.7 Å². The van der Waals surface area contributed by atoms with Gasteiger partial charge in [0.2, 0.25) is 5.90 Å². The number of carbonyl (C=O) groups excluding carboxylic acids is 1. The topological polar surface area (TPSA) is 47.9 Å². The van der Waals surface area contributed by atoms with Crippen molar-refractivity contribution >= 4 is 11.9 Å². The molecule has 2 aromatic carbocycles. The number of cyclic esters (lactones) is 1. The lowest BCUT2D eigenvalue weighted by Gasteiger charge is -2.26. The molecule has 1 heterocycles. The summed E-state index contributed by atoms with van der Waals surface area (Å²) in [5, 5.41) is 0. The van der Waals surface area contributed by atoms with Crippen molar-refractivity contribution in [1.82, 2.24) is 0 Å². The largest absolute Gasteiger partial charge is 0.497 e. The average molecular weight is 323 g/mol. The zero-order valence-corrected chi connectivity index (χ0v) is 14.2. The number of methoxy groups -OCH3 is 1. The molecule has 0 amide bonds. The lowest BCUT2D eigenvalue weighted by molar-refractivity contribution is -0.140. The van der Waals surface area contributed by atoms with Crippen LogP contribution in [0.4, 0.5) is 0 Å². The quantitative estimate of drug-likeness (QED) is 0.789. The first-order valence-corrected chi connectivity index (χ1v) is 8.05. The van der Waals surface area contributed by atoms with Gasteiger partial charge in [0, 0.05) is 12.0 Å². The molecule has 24 heavy (non-hydrogen) atoms. The second-order valence-electron chi connectivity index (χ2n) is 6.28. The first kappa shape index (κ1) is 16.2. The van der Waals surface area contributed by atoms with Crippen molar-refractivity contribution in [2.75, 3.05) is 7.11 Å². The minimum atomic E-state index is -0.889. The molecule has 2 aromatic rings. The van der Waals surface area contributed by atoms with Crippen LogP contribution >= 0.6 is 0 Å². The number of hydrogen-bond acceptors (Lipinski definition) is 4. The molecule has 0 N–H and O–H groups in total. The Morgan fingerprint density at radius 3 is 2.33 bits per heavy atom. The van der Waals surface area contributed by atoms with Gasteiger partial charge in [0.05, 0.1) is 7.11 Å². The van der Waals surface area contributed by atoms with Crippen molar-refractivity contribution in [2.45, 2.75) is 25.8 Å². The highest BCUT2D eigenvalue weighted by Gasteiger charge is 2.48. The normalized spacial score (nSPS) is 20.0. The van der Waals surface area contributed by atoms with E-state index in [2.05, 4.69) is 0 Å². The van der Waals surface area contributed by atoms with E-state index in [1.165, 1.54) is 0 Å². The van der Waals surface area contributed by atoms with Crippen LogP contribution in [0, 0.1) is 5.92 Å². The standard InChI is InChI=1S/C20H21NO3/c1-14(2)20(13-15-9-11-17(23-3)12-10-15)19(22)24-18(21-20)16-7-5-4-6-8-16/h4-12,14H,13H2,1-3H3. The number of rotatable bonds is 5. The van der Waals surface area contributed by atoms with Gasteiger partial charge in [-0.1, -0.05) is 44.2 Å². The zero-order chi connectivity index (χ0) is 17.2. The maximum atomic E-state index is 12.7. The maximum Gasteiger partial charge on any atom is 0.341 e. The van der Waals surface area contributed by atoms with E-state index in [1.807, 2.05) is 68.4 Å². The number of hydrogen-bond donors (Lipinski definition) is 0. The Kier molecular flexibility index (Phi) is 4.38. The van der Waals surface area contributed by atoms with E-state index in [1.54, 1.807) is 7.11 Å². The molecule has 3 rings (SSSR count). The van der Waals surface area contributed by atoms with Gasteiger partial charge < -0.3 is 9.47 Å². The first-order valence-electron chi connectivity index (χ1n) is 8.05. The van der Waals surface area contributed by atoms with Gasteiger partial charge in [-0.25, -0.2) is 9.79 Å². The van der Waals surface area contributed by atoms with E-state index in [-0.39, 0.29) is 11.9 Å². The van der Waals surface area contributed by atoms with Gasteiger partial charge in [0.1, 0.15) is 5.75 Å². The van der Waals surface area contributed by atoms with Crippen molar-refractivity contribution < 1.29 is 14.3 Å². The van der Waals surface area contributed by atoms with E-state index in [4.69, 9.17) is 14.5 Å². The van der Waals surface area contributed by atoms with Crippen LogP contribution in [0.2, 0.25) is 0 Å². The highest BCUT2D eigenvalue weighted by molar-refractivity contribution is 6.08. The molecule has 4 heteroatoms. The van der Waals surface area contributed by atoms with Gasteiger partial charge in [-0.3, -0.25) is 0 Å². The Balaban J connectivity index is 1.95. The Hall–Kier alpha value is -2.62. The SMILES string of the molecule is COc1ccc(CC2(C(C)C)N=C(c3ccccc3)OC2=O)cc1. The van der Waals surface area contributed by atoms with E-state index < -0.39 is 5.54 Å². The van der Waals surface area contributed by atoms with Crippen LogP contribution in [0.25, 0.3) is 0 Å². The summed E-state index contributed by atoms with van der Waals surface area (Å²) in [4.78, 5) is 17.4. The lowest BCUT2D eigenvalue weighted by atomic mass is 9.81. The molecule has 0 bridgehead atoms. The van der Waals surface area contributed by atoms with Gasteiger partial charge in [0.25, 0.3) is 0 Å². The number of benzene rings is 2. The van der Waals surface area contributed by atoms with Crippen LogP contribution in [0.5, 0.6) is 5.75 Å². The summed E-state index contributed by atoms with van der Waals surface area (Å²) in [6.45, 7) is 4.00. The highest BCUT2D eigenvalue weighted by Crippen LogP contribution is 2.34. The predicted molar refractivity (Wildman–Crippen MR) is 93.3 cm³/mol. The molecule has 1 aliphatic rings. The molecule has 0 spiro atoms. The summed E-state index contributed by atoms with van der Waals surface area (Å²) in [5.74, 6) is 0.933. The van der Waals surface area contributed by atoms with Gasteiger partial charge >= 0.3 is 5.97 Å². The molecule has 0 fully saturated rings. The third kappa shape index (κ3) is 2.92. The molecule has 0 aromatic heterocycles. The summed E-state index contributed by atoms with van der Waals surface area (Å²) < 4.78 is 10.7. The fourth-order valence-corrected chi connectivity index (χ4v) is 2.87. The molecule has 1 atom stereocenters. The Labute approximate surface area is 142 Å². The van der Waals surface area contributed by atoms with Crippen LogP contribution in [-0.2, 0) is 16.0 Å². The third-order valence-corrected chi connectivity index (χ3v) is 4.45. The molecule has 124 valence electrons. The molecule has 1 unspecified atom stereocenters. The molecular formula is C20H21NO3. The summed E-state index contributed by atoms with van der Waals surface area (Å²) in [6, 6.07) is 17.3. The smallest absolute Gasteiger partial charge is 0.341 e. The fourth-order valence-electron chi connectivity index (χ4n) is 2.87. The van der Waals surface area contributed by atoms with Crippen molar-refractivity contribution in [1.29, 1.82) is 0 Å². The Morgan fingerprint density at radius 2 is 1.75 bits per heavy atom. The van der Waals surface area contributed by atoms with Crippen LogP contribution in [-0.4, -0.2) is 24.5 Å². The van der Waals surface area contributed by atoms with Crippen molar-refractivity contribution in [2.24, 2.45) is 10.9 Å². The van der Waals surface area contributed by atoms with E-state index in [0.717, 1.165) is 16.9 Å². The first-order chi connectivity index (χ1) is 11.5. The number of carbonyl (C=O) groups is 1. The van der Waals surface area contributed by atoms with Crippen LogP contribution in [0.3, 0.4) is 0 Å². The van der Waals surface area contributed by atoms with Crippen LogP contribution < -0.4 is 4.74 Å². The Morgan fingerprint density at radius 1 is 1.08 bits per heavy atom. The molecule has 1 aliphatic heterocycles. The van der Waals surface area contributed by atoms with Crippen molar-refractivity contribution in [3.63, 3.8) is 0 Å². The molecule has 0 saturated carbocycles. The summed E-state index contributed by atoms with van der Waals surface area (Å²) >= 11 is 0. The second kappa shape index (κ2) is 6.48. The summed E-state index contributed by atoms with van der Waals surface area (Å²) in [6.07, 6.45) is 0.504. The van der Waals surface area contributed by atoms with Gasteiger partial charge in [-0.2, -0.15) is 0 Å². The van der Waals surface area contributed by atoms with E-state index >= 15 is 0 Å². The maximum absolute atomic E-state index is 12.7. The average Bonchev–Trinajstić information content (AvgIpc) is 2.94. The molecule has 0 aliphatic carbocycles. The molecular weight excluding hydrogens is 302 g/mol. The summed E-state index contributed by atoms with van der Waals surface area (Å²) in [7, 11) is 1.63. The number of aliphatic imine (C=N–C) groups is 1. The molecule has 0 radical (unpaired) electrons. The van der Waals surface area contributed by atoms with Crippen LogP contribution in [0.1, 0.15) is 25.0 Å². The minimum Gasteiger partial charge on any atom is -0.497 e. The number of ether oxygens (including phenoxy) is 2. The fraction of sp³-hybridized carbons (Fsp3) is 0.300. The van der Waals surface area contributed by atoms with Crippen molar-refractivity contribution in [3.05, 3.63) is 65.7 Å². The monoisotopic (exact) mass is 323 g/mol. The minimum absolute atomic E-state index is 0.0216. The van der Waals surface area contributed by atoms with Crippen molar-refractivity contribution in [3.8, 4) is 5.75 Å². The number of nitrogens with zero attached hydrogens (tertiary/aromatic N) is 1. The third-order valence-electron chi connectivity index (χ3n) is 4.45.